The van der Waals surface area contributed by atoms with Gasteiger partial charge in [-0.2, -0.15) is 0 Å². The van der Waals surface area contributed by atoms with Gasteiger partial charge in [0.1, 0.15) is 5.82 Å². The van der Waals surface area contributed by atoms with Crippen molar-refractivity contribution < 1.29 is 18.7 Å². The highest BCUT2D eigenvalue weighted by Gasteiger charge is 2.12. The number of aliphatic hydroxyl groups is 1. The molecule has 1 amide bonds. The van der Waals surface area contributed by atoms with Crippen molar-refractivity contribution in [2.75, 3.05) is 11.9 Å². The Balaban J connectivity index is 2.65. The molecule has 0 saturated carbocycles. The number of benzene rings is 1. The molecule has 1 aromatic rings. The molecule has 3 nitrogen and oxygen atoms in total. The average Bonchev–Trinajstić information content (AvgIpc) is 2.24. The van der Waals surface area contributed by atoms with Crippen LogP contribution in [0.15, 0.2) is 16.6 Å². The van der Waals surface area contributed by atoms with E-state index in [4.69, 9.17) is 5.11 Å². The summed E-state index contributed by atoms with van der Waals surface area (Å²) >= 11 is 2.97. The zero-order valence-corrected chi connectivity index (χ0v) is 10.6. The molecule has 0 aliphatic rings. The molecular weight excluding hydrogens is 296 g/mol. The topological polar surface area (TPSA) is 49.3 Å². The third-order valence-electron chi connectivity index (χ3n) is 2.08. The Morgan fingerprint density at radius 3 is 2.65 bits per heavy atom. The normalized spacial score (nSPS) is 10.4. The Labute approximate surface area is 106 Å². The highest BCUT2D eigenvalue weighted by atomic mass is 79.9. The second-order valence-corrected chi connectivity index (χ2v) is 4.33. The molecule has 0 aromatic heterocycles. The summed E-state index contributed by atoms with van der Waals surface area (Å²) in [6, 6.07) is 1.78. The maximum Gasteiger partial charge on any atom is 0.224 e. The van der Waals surface area contributed by atoms with Gasteiger partial charge in [0.25, 0.3) is 0 Å². The number of hydrogen-bond acceptors (Lipinski definition) is 2. The Bertz CT molecular complexity index is 389. The second kappa shape index (κ2) is 6.66. The summed E-state index contributed by atoms with van der Waals surface area (Å²) in [6.45, 7) is 0.0158. The summed E-state index contributed by atoms with van der Waals surface area (Å²) in [6.07, 6.45) is 1.22. The van der Waals surface area contributed by atoms with Gasteiger partial charge < -0.3 is 10.4 Å². The Morgan fingerprint density at radius 2 is 2.06 bits per heavy atom. The molecule has 6 heteroatoms. The van der Waals surface area contributed by atoms with E-state index >= 15 is 0 Å². The molecule has 0 bridgehead atoms. The van der Waals surface area contributed by atoms with Gasteiger partial charge in [-0.1, -0.05) is 0 Å². The Hall–Kier alpha value is -1.01. The van der Waals surface area contributed by atoms with Gasteiger partial charge in [0.05, 0.1) is 5.69 Å². The Morgan fingerprint density at radius 1 is 1.35 bits per heavy atom. The lowest BCUT2D eigenvalue weighted by Crippen LogP contribution is -2.13. The van der Waals surface area contributed by atoms with Crippen LogP contribution in [0.5, 0.6) is 0 Å². The summed E-state index contributed by atoms with van der Waals surface area (Å²) in [7, 11) is 0. The number of anilines is 1. The molecule has 17 heavy (non-hydrogen) atoms. The van der Waals surface area contributed by atoms with Gasteiger partial charge in [-0.15, -0.1) is 0 Å². The van der Waals surface area contributed by atoms with E-state index in [0.29, 0.717) is 18.9 Å². The fraction of sp³-hybridized carbons (Fsp3) is 0.364. The summed E-state index contributed by atoms with van der Waals surface area (Å²) in [4.78, 5) is 11.4. The average molecular weight is 308 g/mol. The minimum absolute atomic E-state index is 0.0158. The summed E-state index contributed by atoms with van der Waals surface area (Å²) in [5.74, 6) is -1.91. The molecular formula is C11H12BrF2NO2. The predicted octanol–water partition coefficient (Wildman–Crippen LogP) is 2.83. The SMILES string of the molecule is O=C(CCCCO)Nc1c(F)cc(F)cc1Br. The van der Waals surface area contributed by atoms with E-state index in [1.165, 1.54) is 0 Å². The smallest absolute Gasteiger partial charge is 0.224 e. The van der Waals surface area contributed by atoms with Crippen LogP contribution in [0.3, 0.4) is 0 Å². The van der Waals surface area contributed by atoms with Crippen LogP contribution < -0.4 is 5.32 Å². The van der Waals surface area contributed by atoms with Crippen molar-refractivity contribution in [3.05, 3.63) is 28.2 Å². The fourth-order valence-corrected chi connectivity index (χ4v) is 1.77. The standard InChI is InChI=1S/C11H12BrF2NO2/c12-8-5-7(13)6-9(14)11(8)15-10(17)3-1-2-4-16/h5-6,16H,1-4H2,(H,15,17). The van der Waals surface area contributed by atoms with Gasteiger partial charge in [0.2, 0.25) is 5.91 Å². The van der Waals surface area contributed by atoms with Crippen molar-refractivity contribution in [3.63, 3.8) is 0 Å². The van der Waals surface area contributed by atoms with Crippen LogP contribution in [0.1, 0.15) is 19.3 Å². The molecule has 94 valence electrons. The van der Waals surface area contributed by atoms with Crippen molar-refractivity contribution in [2.24, 2.45) is 0 Å². The maximum absolute atomic E-state index is 13.3. The van der Waals surface area contributed by atoms with Gasteiger partial charge in [-0.05, 0) is 34.8 Å². The largest absolute Gasteiger partial charge is 0.396 e. The van der Waals surface area contributed by atoms with Crippen LogP contribution in [0.4, 0.5) is 14.5 Å². The molecule has 0 unspecified atom stereocenters. The predicted molar refractivity (Wildman–Crippen MR) is 63.6 cm³/mol. The first-order chi connectivity index (χ1) is 8.04. The first-order valence-corrected chi connectivity index (χ1v) is 5.89. The quantitative estimate of drug-likeness (QED) is 0.822. The number of carbonyl (C=O) groups excluding carboxylic acids is 1. The van der Waals surface area contributed by atoms with E-state index in [9.17, 15) is 13.6 Å². The minimum Gasteiger partial charge on any atom is -0.396 e. The van der Waals surface area contributed by atoms with Crippen molar-refractivity contribution >= 4 is 27.5 Å². The zero-order valence-electron chi connectivity index (χ0n) is 8.97. The van der Waals surface area contributed by atoms with Gasteiger partial charge in [-0.3, -0.25) is 4.79 Å². The van der Waals surface area contributed by atoms with Crippen LogP contribution in [-0.4, -0.2) is 17.6 Å². The van der Waals surface area contributed by atoms with Crippen molar-refractivity contribution in [1.29, 1.82) is 0 Å². The number of halogens is 3. The van der Waals surface area contributed by atoms with Crippen LogP contribution >= 0.6 is 15.9 Å². The van der Waals surface area contributed by atoms with Crippen molar-refractivity contribution in [1.82, 2.24) is 0 Å². The lowest BCUT2D eigenvalue weighted by atomic mass is 10.2. The fourth-order valence-electron chi connectivity index (χ4n) is 1.26. The van der Waals surface area contributed by atoms with Gasteiger partial charge in [0, 0.05) is 23.6 Å². The van der Waals surface area contributed by atoms with Gasteiger partial charge >= 0.3 is 0 Å². The van der Waals surface area contributed by atoms with E-state index in [1.54, 1.807) is 0 Å². The van der Waals surface area contributed by atoms with Crippen LogP contribution in [0, 0.1) is 11.6 Å². The van der Waals surface area contributed by atoms with Crippen molar-refractivity contribution in [3.8, 4) is 0 Å². The lowest BCUT2D eigenvalue weighted by molar-refractivity contribution is -0.116. The summed E-state index contributed by atoms with van der Waals surface area (Å²) in [5, 5.41) is 10.9. The second-order valence-electron chi connectivity index (χ2n) is 3.47. The molecule has 1 aromatic carbocycles. The van der Waals surface area contributed by atoms with Crippen molar-refractivity contribution in [2.45, 2.75) is 19.3 Å². The molecule has 0 aliphatic carbocycles. The third-order valence-corrected chi connectivity index (χ3v) is 2.71. The van der Waals surface area contributed by atoms with E-state index in [1.807, 2.05) is 0 Å². The highest BCUT2D eigenvalue weighted by molar-refractivity contribution is 9.10. The van der Waals surface area contributed by atoms with Gasteiger partial charge in [0.15, 0.2) is 5.82 Å². The summed E-state index contributed by atoms with van der Waals surface area (Å²) in [5.41, 5.74) is -0.0691. The Kier molecular flexibility index (Phi) is 5.50. The number of amides is 1. The van der Waals surface area contributed by atoms with E-state index in [0.717, 1.165) is 6.07 Å². The number of hydrogen-bond donors (Lipinski definition) is 2. The zero-order chi connectivity index (χ0) is 12.8. The van der Waals surface area contributed by atoms with E-state index in [-0.39, 0.29) is 29.1 Å². The first-order valence-electron chi connectivity index (χ1n) is 5.10. The van der Waals surface area contributed by atoms with Crippen LogP contribution in [0.2, 0.25) is 0 Å². The third kappa shape index (κ3) is 4.40. The molecule has 0 heterocycles. The number of carbonyl (C=O) groups is 1. The van der Waals surface area contributed by atoms with E-state index < -0.39 is 11.6 Å². The lowest BCUT2D eigenvalue weighted by Gasteiger charge is -2.08. The number of aliphatic hydroxyl groups excluding tert-OH is 1. The van der Waals surface area contributed by atoms with Gasteiger partial charge in [-0.25, -0.2) is 8.78 Å². The highest BCUT2D eigenvalue weighted by Crippen LogP contribution is 2.26. The van der Waals surface area contributed by atoms with E-state index in [2.05, 4.69) is 21.2 Å². The number of nitrogens with one attached hydrogen (secondary N) is 1. The molecule has 0 spiro atoms. The molecule has 0 aliphatic heterocycles. The molecule has 0 atom stereocenters. The van der Waals surface area contributed by atoms with Crippen LogP contribution in [0.25, 0.3) is 0 Å². The minimum atomic E-state index is -0.826. The molecule has 2 N–H and O–H groups in total. The molecule has 0 fully saturated rings. The van der Waals surface area contributed by atoms with Crippen LogP contribution in [-0.2, 0) is 4.79 Å². The number of rotatable bonds is 5. The molecule has 0 radical (unpaired) electrons. The molecule has 0 saturated heterocycles. The first kappa shape index (κ1) is 14.1. The molecule has 1 rings (SSSR count). The summed E-state index contributed by atoms with van der Waals surface area (Å²) < 4.78 is 26.3. The monoisotopic (exact) mass is 307 g/mol. The number of unbranched alkanes of at least 4 members (excludes halogenated alkanes) is 1. The maximum atomic E-state index is 13.3.